The van der Waals surface area contributed by atoms with Crippen molar-refractivity contribution in [2.45, 2.75) is 25.0 Å². The Morgan fingerprint density at radius 3 is 2.81 bits per heavy atom. The van der Waals surface area contributed by atoms with E-state index < -0.39 is 0 Å². The molecule has 0 radical (unpaired) electrons. The summed E-state index contributed by atoms with van der Waals surface area (Å²) in [6.07, 6.45) is 2.23. The van der Waals surface area contributed by atoms with E-state index in [9.17, 15) is 9.59 Å². The first-order chi connectivity index (χ1) is 12.7. The number of methoxy groups -OCH3 is 1. The smallest absolute Gasteiger partial charge is 0.255 e. The molecular weight excluding hydrogens is 332 g/mol. The first-order valence-electron chi connectivity index (χ1n) is 8.52. The van der Waals surface area contributed by atoms with Gasteiger partial charge in [-0.05, 0) is 30.7 Å². The molecular formula is C19H22N4O3. The Balaban J connectivity index is 1.50. The molecule has 0 bridgehead atoms. The van der Waals surface area contributed by atoms with Gasteiger partial charge in [0.05, 0.1) is 31.0 Å². The molecule has 2 atom stereocenters. The standard InChI is InChI=1S/C19H22N4O3/c1-26-17-8-3-2-7-15(17)18(24)23-14-10-16(21-12-14)19(25)22-11-13-6-4-5-9-20-13/h2-9,14,16,21H,10-12H2,1H3,(H,22,25)(H,23,24)/t14-,16+/m1/s1. The predicted molar refractivity (Wildman–Crippen MR) is 96.7 cm³/mol. The quantitative estimate of drug-likeness (QED) is 0.716. The molecule has 2 amide bonds. The van der Waals surface area contributed by atoms with Crippen LogP contribution >= 0.6 is 0 Å². The molecule has 7 nitrogen and oxygen atoms in total. The van der Waals surface area contributed by atoms with Crippen LogP contribution in [0.2, 0.25) is 0 Å². The highest BCUT2D eigenvalue weighted by atomic mass is 16.5. The average Bonchev–Trinajstić information content (AvgIpc) is 3.15. The van der Waals surface area contributed by atoms with Crippen molar-refractivity contribution in [2.24, 2.45) is 0 Å². The number of benzene rings is 1. The van der Waals surface area contributed by atoms with Crippen molar-refractivity contribution in [3.05, 3.63) is 59.9 Å². The highest BCUT2D eigenvalue weighted by Crippen LogP contribution is 2.18. The number of hydrogen-bond donors (Lipinski definition) is 3. The number of hydrogen-bond acceptors (Lipinski definition) is 5. The van der Waals surface area contributed by atoms with E-state index in [2.05, 4.69) is 20.9 Å². The van der Waals surface area contributed by atoms with Crippen LogP contribution in [0.5, 0.6) is 5.75 Å². The topological polar surface area (TPSA) is 92.4 Å². The van der Waals surface area contributed by atoms with E-state index in [0.717, 1.165) is 5.69 Å². The number of aromatic nitrogens is 1. The molecule has 136 valence electrons. The van der Waals surface area contributed by atoms with Crippen molar-refractivity contribution < 1.29 is 14.3 Å². The van der Waals surface area contributed by atoms with Gasteiger partial charge in [-0.2, -0.15) is 0 Å². The Bertz CT molecular complexity index is 766. The molecule has 2 aromatic rings. The second kappa shape index (κ2) is 8.44. The van der Waals surface area contributed by atoms with Crippen LogP contribution in [0.1, 0.15) is 22.5 Å². The fourth-order valence-electron chi connectivity index (χ4n) is 2.94. The van der Waals surface area contributed by atoms with Crippen molar-refractivity contribution in [3.63, 3.8) is 0 Å². The van der Waals surface area contributed by atoms with Crippen molar-refractivity contribution in [3.8, 4) is 5.75 Å². The van der Waals surface area contributed by atoms with Gasteiger partial charge in [0.2, 0.25) is 5.91 Å². The van der Waals surface area contributed by atoms with Crippen LogP contribution in [-0.2, 0) is 11.3 Å². The van der Waals surface area contributed by atoms with Crippen LogP contribution in [0.4, 0.5) is 0 Å². The summed E-state index contributed by atoms with van der Waals surface area (Å²) in [5.41, 5.74) is 1.29. The predicted octanol–water partition coefficient (Wildman–Crippen LogP) is 0.867. The maximum Gasteiger partial charge on any atom is 0.255 e. The molecule has 1 aliphatic rings. The van der Waals surface area contributed by atoms with E-state index in [1.54, 1.807) is 24.4 Å². The van der Waals surface area contributed by atoms with Gasteiger partial charge in [0, 0.05) is 18.8 Å². The fraction of sp³-hybridized carbons (Fsp3) is 0.316. The van der Waals surface area contributed by atoms with Gasteiger partial charge in [0.15, 0.2) is 0 Å². The zero-order chi connectivity index (χ0) is 18.4. The lowest BCUT2D eigenvalue weighted by Gasteiger charge is -2.14. The van der Waals surface area contributed by atoms with Gasteiger partial charge < -0.3 is 20.7 Å². The minimum Gasteiger partial charge on any atom is -0.496 e. The number of nitrogens with zero attached hydrogens (tertiary/aromatic N) is 1. The van der Waals surface area contributed by atoms with Crippen LogP contribution in [0.25, 0.3) is 0 Å². The van der Waals surface area contributed by atoms with Gasteiger partial charge >= 0.3 is 0 Å². The van der Waals surface area contributed by atoms with Crippen molar-refractivity contribution in [1.82, 2.24) is 20.9 Å². The minimum atomic E-state index is -0.332. The van der Waals surface area contributed by atoms with Crippen molar-refractivity contribution >= 4 is 11.8 Å². The highest BCUT2D eigenvalue weighted by molar-refractivity contribution is 5.97. The molecule has 0 saturated carbocycles. The van der Waals surface area contributed by atoms with Crippen LogP contribution in [0.15, 0.2) is 48.7 Å². The lowest BCUT2D eigenvalue weighted by molar-refractivity contribution is -0.123. The first kappa shape index (κ1) is 17.9. The van der Waals surface area contributed by atoms with Crippen LogP contribution < -0.4 is 20.7 Å². The number of amides is 2. The Kier molecular flexibility index (Phi) is 5.80. The molecule has 7 heteroatoms. The SMILES string of the molecule is COc1ccccc1C(=O)N[C@H]1CN[C@H](C(=O)NCc2ccccn2)C1. The van der Waals surface area contributed by atoms with Gasteiger partial charge in [0.1, 0.15) is 5.75 Å². The third-order valence-electron chi connectivity index (χ3n) is 4.30. The Hall–Kier alpha value is -2.93. The molecule has 0 spiro atoms. The number of para-hydroxylation sites is 1. The molecule has 3 rings (SSSR count). The van der Waals surface area contributed by atoms with Crippen LogP contribution in [-0.4, -0.2) is 42.5 Å². The number of pyridine rings is 1. The number of carbonyl (C=O) groups is 2. The summed E-state index contributed by atoms with van der Waals surface area (Å²) in [6.45, 7) is 0.929. The summed E-state index contributed by atoms with van der Waals surface area (Å²) in [7, 11) is 1.53. The molecule has 3 N–H and O–H groups in total. The van der Waals surface area contributed by atoms with Gasteiger partial charge in [0.25, 0.3) is 5.91 Å². The molecule has 1 aliphatic heterocycles. The average molecular weight is 354 g/mol. The molecule has 0 aliphatic carbocycles. The molecule has 1 saturated heterocycles. The summed E-state index contributed by atoms with van der Waals surface area (Å²) < 4.78 is 5.22. The summed E-state index contributed by atoms with van der Waals surface area (Å²) in [5, 5.41) is 8.97. The molecule has 26 heavy (non-hydrogen) atoms. The molecule has 0 unspecified atom stereocenters. The Morgan fingerprint density at radius 2 is 2.04 bits per heavy atom. The van der Waals surface area contributed by atoms with E-state index in [1.807, 2.05) is 24.3 Å². The van der Waals surface area contributed by atoms with Gasteiger partial charge in [-0.3, -0.25) is 14.6 Å². The van der Waals surface area contributed by atoms with Gasteiger partial charge in [-0.25, -0.2) is 0 Å². The van der Waals surface area contributed by atoms with Gasteiger partial charge in [-0.15, -0.1) is 0 Å². The monoisotopic (exact) mass is 354 g/mol. The lowest BCUT2D eigenvalue weighted by atomic mass is 10.1. The van der Waals surface area contributed by atoms with Gasteiger partial charge in [-0.1, -0.05) is 18.2 Å². The third kappa shape index (κ3) is 4.37. The molecule has 1 aromatic carbocycles. The summed E-state index contributed by atoms with van der Waals surface area (Å²) in [5.74, 6) is 0.231. The largest absolute Gasteiger partial charge is 0.496 e. The molecule has 1 aromatic heterocycles. The second-order valence-electron chi connectivity index (χ2n) is 6.11. The summed E-state index contributed by atoms with van der Waals surface area (Å²) in [6, 6.07) is 12.2. The maximum absolute atomic E-state index is 12.4. The van der Waals surface area contributed by atoms with Crippen LogP contribution in [0.3, 0.4) is 0 Å². The zero-order valence-corrected chi connectivity index (χ0v) is 14.6. The number of carbonyl (C=O) groups excluding carboxylic acids is 2. The maximum atomic E-state index is 12.4. The number of nitrogens with one attached hydrogen (secondary N) is 3. The minimum absolute atomic E-state index is 0.0929. The van der Waals surface area contributed by atoms with E-state index in [-0.39, 0.29) is 23.9 Å². The molecule has 2 heterocycles. The normalized spacial score (nSPS) is 19.0. The number of rotatable bonds is 6. The number of ether oxygens (including phenoxy) is 1. The zero-order valence-electron chi connectivity index (χ0n) is 14.6. The first-order valence-corrected chi connectivity index (χ1v) is 8.52. The second-order valence-corrected chi connectivity index (χ2v) is 6.11. The summed E-state index contributed by atoms with van der Waals surface area (Å²) >= 11 is 0. The Morgan fingerprint density at radius 1 is 1.23 bits per heavy atom. The lowest BCUT2D eigenvalue weighted by Crippen LogP contribution is -2.40. The Labute approximate surface area is 152 Å². The summed E-state index contributed by atoms with van der Waals surface area (Å²) in [4.78, 5) is 28.9. The van der Waals surface area contributed by atoms with Crippen LogP contribution in [0, 0.1) is 0 Å². The van der Waals surface area contributed by atoms with E-state index in [1.165, 1.54) is 7.11 Å². The third-order valence-corrected chi connectivity index (χ3v) is 4.30. The van der Waals surface area contributed by atoms with E-state index in [4.69, 9.17) is 4.74 Å². The van der Waals surface area contributed by atoms with E-state index in [0.29, 0.717) is 30.8 Å². The highest BCUT2D eigenvalue weighted by Gasteiger charge is 2.30. The van der Waals surface area contributed by atoms with Crippen molar-refractivity contribution in [2.75, 3.05) is 13.7 Å². The molecule has 1 fully saturated rings. The van der Waals surface area contributed by atoms with E-state index >= 15 is 0 Å². The fourth-order valence-corrected chi connectivity index (χ4v) is 2.94. The van der Waals surface area contributed by atoms with Crippen molar-refractivity contribution in [1.29, 1.82) is 0 Å².